The van der Waals surface area contributed by atoms with Gasteiger partial charge in [0.05, 0.1) is 5.69 Å². The summed E-state index contributed by atoms with van der Waals surface area (Å²) in [6.45, 7) is 3.52. The van der Waals surface area contributed by atoms with Crippen molar-refractivity contribution in [3.05, 3.63) is 41.7 Å². The van der Waals surface area contributed by atoms with Crippen LogP contribution in [-0.4, -0.2) is 14.8 Å². The molecule has 2 aromatic rings. The number of hydrogen-bond donors (Lipinski definition) is 1. The van der Waals surface area contributed by atoms with Crippen molar-refractivity contribution in [2.75, 3.05) is 0 Å². The second-order valence-corrected chi connectivity index (χ2v) is 3.79. The molecule has 4 nitrogen and oxygen atoms in total. The van der Waals surface area contributed by atoms with Crippen LogP contribution in [-0.2, 0) is 0 Å². The lowest BCUT2D eigenvalue weighted by Gasteiger charge is -2.13. The summed E-state index contributed by atoms with van der Waals surface area (Å²) in [7, 11) is 0. The van der Waals surface area contributed by atoms with Crippen LogP contribution >= 0.6 is 0 Å². The first-order valence-electron chi connectivity index (χ1n) is 5.00. The van der Waals surface area contributed by atoms with Crippen LogP contribution in [0, 0.1) is 12.7 Å². The molecule has 0 aliphatic heterocycles. The first kappa shape index (κ1) is 10.8. The third-order valence-corrected chi connectivity index (χ3v) is 2.46. The number of halogens is 1. The van der Waals surface area contributed by atoms with Crippen molar-refractivity contribution in [3.8, 4) is 5.69 Å². The molecule has 2 N–H and O–H groups in total. The summed E-state index contributed by atoms with van der Waals surface area (Å²) in [5, 5.41) is 4.03. The molecule has 0 bridgehead atoms. The topological polar surface area (TPSA) is 56.7 Å². The van der Waals surface area contributed by atoms with Crippen molar-refractivity contribution < 1.29 is 4.39 Å². The van der Waals surface area contributed by atoms with Gasteiger partial charge in [-0.25, -0.2) is 14.1 Å². The number of aromatic nitrogens is 3. The number of aryl methyl sites for hydroxylation is 1. The average Bonchev–Trinajstić information content (AvgIpc) is 2.74. The molecule has 0 aliphatic carbocycles. The molecule has 0 unspecified atom stereocenters. The second kappa shape index (κ2) is 4.02. The molecule has 0 saturated carbocycles. The fourth-order valence-electron chi connectivity index (χ4n) is 1.58. The van der Waals surface area contributed by atoms with Crippen LogP contribution in [0.1, 0.15) is 24.1 Å². The van der Waals surface area contributed by atoms with Gasteiger partial charge in [-0.1, -0.05) is 0 Å². The van der Waals surface area contributed by atoms with Gasteiger partial charge in [-0.05, 0) is 37.1 Å². The van der Waals surface area contributed by atoms with E-state index >= 15 is 0 Å². The van der Waals surface area contributed by atoms with Gasteiger partial charge in [0.1, 0.15) is 18.5 Å². The number of hydrogen-bond acceptors (Lipinski definition) is 3. The fourth-order valence-corrected chi connectivity index (χ4v) is 1.58. The van der Waals surface area contributed by atoms with Crippen LogP contribution in [0.4, 0.5) is 4.39 Å². The molecule has 16 heavy (non-hydrogen) atoms. The monoisotopic (exact) mass is 220 g/mol. The normalized spacial score (nSPS) is 12.8. The molecule has 5 heteroatoms. The van der Waals surface area contributed by atoms with Gasteiger partial charge in [-0.15, -0.1) is 0 Å². The van der Waals surface area contributed by atoms with Gasteiger partial charge in [0.25, 0.3) is 0 Å². The molecule has 0 amide bonds. The predicted octanol–water partition coefficient (Wildman–Crippen LogP) is 1.73. The van der Waals surface area contributed by atoms with E-state index < -0.39 is 0 Å². The molecule has 1 heterocycles. The van der Waals surface area contributed by atoms with E-state index in [9.17, 15) is 4.39 Å². The van der Waals surface area contributed by atoms with Gasteiger partial charge >= 0.3 is 0 Å². The van der Waals surface area contributed by atoms with Gasteiger partial charge < -0.3 is 5.73 Å². The zero-order valence-electron chi connectivity index (χ0n) is 9.18. The zero-order valence-corrected chi connectivity index (χ0v) is 9.18. The summed E-state index contributed by atoms with van der Waals surface area (Å²) in [6.07, 6.45) is 3.00. The van der Waals surface area contributed by atoms with E-state index in [-0.39, 0.29) is 11.9 Å². The molecule has 0 fully saturated rings. The fraction of sp³-hybridized carbons (Fsp3) is 0.273. The Morgan fingerprint density at radius 2 is 2.19 bits per heavy atom. The smallest absolute Gasteiger partial charge is 0.138 e. The molecule has 0 radical (unpaired) electrons. The number of nitrogens with zero attached hydrogens (tertiary/aromatic N) is 3. The minimum atomic E-state index is -0.255. The highest BCUT2D eigenvalue weighted by Crippen LogP contribution is 2.23. The maximum atomic E-state index is 13.5. The van der Waals surface area contributed by atoms with E-state index in [4.69, 9.17) is 5.73 Å². The molecule has 1 aromatic carbocycles. The van der Waals surface area contributed by atoms with E-state index in [1.165, 1.54) is 12.4 Å². The Labute approximate surface area is 92.9 Å². The molecule has 84 valence electrons. The lowest BCUT2D eigenvalue weighted by Crippen LogP contribution is -2.11. The van der Waals surface area contributed by atoms with Crippen LogP contribution in [0.3, 0.4) is 0 Å². The summed E-state index contributed by atoms with van der Waals surface area (Å²) in [4.78, 5) is 3.87. The summed E-state index contributed by atoms with van der Waals surface area (Å²) in [5.41, 5.74) is 7.86. The van der Waals surface area contributed by atoms with Crippen molar-refractivity contribution in [1.29, 1.82) is 0 Å². The third kappa shape index (κ3) is 1.81. The maximum Gasteiger partial charge on any atom is 0.138 e. The molecule has 1 atom stereocenters. The van der Waals surface area contributed by atoms with Crippen LogP contribution in [0.25, 0.3) is 5.69 Å². The van der Waals surface area contributed by atoms with Crippen molar-refractivity contribution in [3.63, 3.8) is 0 Å². The minimum absolute atomic E-state index is 0.254. The summed E-state index contributed by atoms with van der Waals surface area (Å²) in [6, 6.07) is 2.92. The van der Waals surface area contributed by atoms with Crippen LogP contribution < -0.4 is 5.73 Å². The molecule has 0 aliphatic rings. The predicted molar refractivity (Wildman–Crippen MR) is 58.7 cm³/mol. The number of rotatable bonds is 2. The SMILES string of the molecule is Cc1cc(-n2cncn2)c([C@@H](C)N)cc1F. The van der Waals surface area contributed by atoms with Crippen LogP contribution in [0.5, 0.6) is 0 Å². The summed E-state index contributed by atoms with van der Waals surface area (Å²) >= 11 is 0. The molecular formula is C11H13FN4. The van der Waals surface area contributed by atoms with E-state index in [1.807, 2.05) is 6.92 Å². The highest BCUT2D eigenvalue weighted by atomic mass is 19.1. The average molecular weight is 220 g/mol. The van der Waals surface area contributed by atoms with Gasteiger partial charge in [-0.2, -0.15) is 5.10 Å². The highest BCUT2D eigenvalue weighted by Gasteiger charge is 2.12. The number of benzene rings is 1. The Kier molecular flexibility index (Phi) is 2.70. The van der Waals surface area contributed by atoms with Gasteiger partial charge in [0, 0.05) is 6.04 Å². The van der Waals surface area contributed by atoms with Gasteiger partial charge in [-0.3, -0.25) is 0 Å². The van der Waals surface area contributed by atoms with E-state index in [1.54, 1.807) is 24.0 Å². The molecule has 1 aromatic heterocycles. The Hall–Kier alpha value is -1.75. The third-order valence-electron chi connectivity index (χ3n) is 2.46. The van der Waals surface area contributed by atoms with Crippen molar-refractivity contribution >= 4 is 0 Å². The quantitative estimate of drug-likeness (QED) is 0.838. The van der Waals surface area contributed by atoms with Crippen molar-refractivity contribution in [2.24, 2.45) is 5.73 Å². The Morgan fingerprint density at radius 1 is 1.44 bits per heavy atom. The van der Waals surface area contributed by atoms with Crippen molar-refractivity contribution in [1.82, 2.24) is 14.8 Å². The van der Waals surface area contributed by atoms with E-state index in [2.05, 4.69) is 10.1 Å². The first-order valence-corrected chi connectivity index (χ1v) is 5.00. The maximum absolute atomic E-state index is 13.5. The standard InChI is InChI=1S/C11H13FN4/c1-7-3-11(16-6-14-5-15-16)9(8(2)13)4-10(7)12/h3-6,8H,13H2,1-2H3/t8-/m1/s1. The Bertz CT molecular complexity index is 491. The molecule has 2 rings (SSSR count). The van der Waals surface area contributed by atoms with Crippen molar-refractivity contribution in [2.45, 2.75) is 19.9 Å². The highest BCUT2D eigenvalue weighted by molar-refractivity contribution is 5.45. The van der Waals surface area contributed by atoms with Crippen LogP contribution in [0.15, 0.2) is 24.8 Å². The lowest BCUT2D eigenvalue weighted by atomic mass is 10.0. The summed E-state index contributed by atoms with van der Waals surface area (Å²) in [5.74, 6) is -0.254. The van der Waals surface area contributed by atoms with E-state index in [0.29, 0.717) is 11.1 Å². The second-order valence-electron chi connectivity index (χ2n) is 3.79. The Balaban J connectivity index is 2.63. The molecular weight excluding hydrogens is 207 g/mol. The van der Waals surface area contributed by atoms with Gasteiger partial charge in [0.15, 0.2) is 0 Å². The van der Waals surface area contributed by atoms with Gasteiger partial charge in [0.2, 0.25) is 0 Å². The Morgan fingerprint density at radius 3 is 2.75 bits per heavy atom. The molecule has 0 saturated heterocycles. The minimum Gasteiger partial charge on any atom is -0.324 e. The summed E-state index contributed by atoms with van der Waals surface area (Å²) < 4.78 is 15.0. The first-order chi connectivity index (χ1) is 7.59. The van der Waals surface area contributed by atoms with Crippen LogP contribution in [0.2, 0.25) is 0 Å². The number of nitrogens with two attached hydrogens (primary N) is 1. The lowest BCUT2D eigenvalue weighted by molar-refractivity contribution is 0.611. The van der Waals surface area contributed by atoms with E-state index in [0.717, 1.165) is 5.69 Å². The largest absolute Gasteiger partial charge is 0.324 e. The molecule has 0 spiro atoms. The zero-order chi connectivity index (χ0) is 11.7.